The van der Waals surface area contributed by atoms with Gasteiger partial charge in [-0.15, -0.1) is 11.8 Å². The summed E-state index contributed by atoms with van der Waals surface area (Å²) in [5.74, 6) is 3.03. The number of hydrogen-bond acceptors (Lipinski definition) is 1. The maximum Gasteiger partial charge on any atom is 0.0107 e. The zero-order valence-electron chi connectivity index (χ0n) is 17.9. The van der Waals surface area contributed by atoms with Crippen LogP contribution < -0.4 is 0 Å². The molecule has 5 unspecified atom stereocenters. The van der Waals surface area contributed by atoms with E-state index in [1.807, 2.05) is 11.8 Å². The summed E-state index contributed by atoms with van der Waals surface area (Å²) in [4.78, 5) is 1.37. The molecule has 148 valence electrons. The highest BCUT2D eigenvalue weighted by Crippen LogP contribution is 2.66. The van der Waals surface area contributed by atoms with Gasteiger partial charge >= 0.3 is 0 Å². The van der Waals surface area contributed by atoms with E-state index in [2.05, 4.69) is 82.2 Å². The fourth-order valence-corrected chi connectivity index (χ4v) is 6.93. The highest BCUT2D eigenvalue weighted by atomic mass is 32.2. The molecule has 0 nitrogen and oxygen atoms in total. The van der Waals surface area contributed by atoms with Crippen LogP contribution in [-0.2, 0) is 0 Å². The van der Waals surface area contributed by atoms with Gasteiger partial charge in [-0.1, -0.05) is 69.0 Å². The molecule has 0 amide bonds. The van der Waals surface area contributed by atoms with E-state index in [1.54, 1.807) is 5.57 Å². The van der Waals surface area contributed by atoms with Crippen LogP contribution in [0.3, 0.4) is 0 Å². The molecule has 28 heavy (non-hydrogen) atoms. The van der Waals surface area contributed by atoms with Crippen LogP contribution in [0, 0.1) is 29.1 Å². The first-order chi connectivity index (χ1) is 13.5. The molecule has 0 aromatic heterocycles. The lowest BCUT2D eigenvalue weighted by molar-refractivity contribution is 0.120. The average molecular weight is 391 g/mol. The van der Waals surface area contributed by atoms with Crippen molar-refractivity contribution in [2.24, 2.45) is 29.1 Å². The average Bonchev–Trinajstić information content (AvgIpc) is 3.21. The van der Waals surface area contributed by atoms with Crippen molar-refractivity contribution in [3.8, 4) is 0 Å². The van der Waals surface area contributed by atoms with Crippen molar-refractivity contribution in [2.75, 3.05) is 6.26 Å². The van der Waals surface area contributed by atoms with Crippen molar-refractivity contribution >= 4 is 11.8 Å². The first kappa shape index (κ1) is 19.8. The van der Waals surface area contributed by atoms with Gasteiger partial charge in [-0.2, -0.15) is 0 Å². The summed E-state index contributed by atoms with van der Waals surface area (Å²) in [6.45, 7) is 11.5. The quantitative estimate of drug-likeness (QED) is 0.341. The monoisotopic (exact) mass is 390 g/mol. The molecule has 0 saturated heterocycles. The second kappa shape index (κ2) is 7.75. The fraction of sp³-hybridized carbons (Fsp3) is 0.481. The van der Waals surface area contributed by atoms with E-state index in [0.29, 0.717) is 11.3 Å². The van der Waals surface area contributed by atoms with Crippen LogP contribution in [0.15, 0.2) is 82.4 Å². The maximum absolute atomic E-state index is 4.36. The van der Waals surface area contributed by atoms with Crippen LogP contribution in [-0.4, -0.2) is 6.26 Å². The smallest absolute Gasteiger partial charge is 0.0107 e. The van der Waals surface area contributed by atoms with Crippen molar-refractivity contribution in [3.63, 3.8) is 0 Å². The minimum Gasteiger partial charge on any atom is -0.129 e. The lowest BCUT2D eigenvalue weighted by Gasteiger charge is -2.48. The molecule has 1 spiro atoms. The molecule has 5 atom stereocenters. The molecular formula is C27H34S. The molecule has 0 aromatic rings. The van der Waals surface area contributed by atoms with E-state index in [0.717, 1.165) is 29.7 Å². The molecule has 0 aliphatic heterocycles. The highest BCUT2D eigenvalue weighted by Gasteiger charge is 2.58. The van der Waals surface area contributed by atoms with Crippen LogP contribution in [0.2, 0.25) is 0 Å². The van der Waals surface area contributed by atoms with Gasteiger partial charge in [-0.3, -0.25) is 0 Å². The third-order valence-electron chi connectivity index (χ3n) is 7.78. The Balaban J connectivity index is 1.57. The second-order valence-electron chi connectivity index (χ2n) is 9.10. The van der Waals surface area contributed by atoms with E-state index < -0.39 is 0 Å². The fourth-order valence-electron chi connectivity index (χ4n) is 6.23. The second-order valence-corrected chi connectivity index (χ2v) is 9.95. The summed E-state index contributed by atoms with van der Waals surface area (Å²) in [6.07, 6.45) is 26.0. The maximum atomic E-state index is 4.36. The Bertz CT molecular complexity index is 843. The molecule has 1 fully saturated rings. The molecule has 0 aromatic carbocycles. The summed E-state index contributed by atoms with van der Waals surface area (Å²) in [6, 6.07) is 0. The zero-order valence-corrected chi connectivity index (χ0v) is 18.7. The first-order valence-corrected chi connectivity index (χ1v) is 12.1. The van der Waals surface area contributed by atoms with Crippen LogP contribution in [0.4, 0.5) is 0 Å². The van der Waals surface area contributed by atoms with Gasteiger partial charge in [-0.25, -0.2) is 0 Å². The van der Waals surface area contributed by atoms with Gasteiger partial charge in [0, 0.05) is 4.91 Å². The zero-order chi connectivity index (χ0) is 19.9. The predicted molar refractivity (Wildman–Crippen MR) is 125 cm³/mol. The van der Waals surface area contributed by atoms with Crippen molar-refractivity contribution < 1.29 is 0 Å². The number of fused-ring (bicyclic) bond motifs is 2. The third-order valence-corrected chi connectivity index (χ3v) is 8.61. The Morgan fingerprint density at radius 1 is 1.25 bits per heavy atom. The van der Waals surface area contributed by atoms with Gasteiger partial charge in [0.05, 0.1) is 0 Å². The topological polar surface area (TPSA) is 0 Å². The molecule has 4 aliphatic rings. The Hall–Kier alpha value is -1.47. The predicted octanol–water partition coefficient (Wildman–Crippen LogP) is 7.81. The molecule has 4 rings (SSSR count). The molecule has 0 radical (unpaired) electrons. The summed E-state index contributed by atoms with van der Waals surface area (Å²) in [5.41, 5.74) is 6.04. The third kappa shape index (κ3) is 3.07. The summed E-state index contributed by atoms with van der Waals surface area (Å²) < 4.78 is 0. The highest BCUT2D eigenvalue weighted by molar-refractivity contribution is 8.02. The molecule has 0 N–H and O–H groups in total. The lowest BCUT2D eigenvalue weighted by atomic mass is 9.56. The first-order valence-electron chi connectivity index (χ1n) is 10.9. The van der Waals surface area contributed by atoms with Crippen molar-refractivity contribution in [2.45, 2.75) is 46.5 Å². The Morgan fingerprint density at radius 2 is 2.07 bits per heavy atom. The minimum absolute atomic E-state index is 0.478. The summed E-state index contributed by atoms with van der Waals surface area (Å²) >= 11 is 1.82. The summed E-state index contributed by atoms with van der Waals surface area (Å²) in [7, 11) is 0. The molecule has 0 bridgehead atoms. The Labute approximate surface area is 176 Å². The van der Waals surface area contributed by atoms with Gasteiger partial charge in [-0.05, 0) is 90.2 Å². The van der Waals surface area contributed by atoms with E-state index in [4.69, 9.17) is 0 Å². The van der Waals surface area contributed by atoms with E-state index >= 15 is 0 Å². The van der Waals surface area contributed by atoms with Crippen LogP contribution in [0.25, 0.3) is 0 Å². The summed E-state index contributed by atoms with van der Waals surface area (Å²) in [5, 5.41) is 0. The molecule has 1 saturated carbocycles. The van der Waals surface area contributed by atoms with Crippen LogP contribution in [0.5, 0.6) is 0 Å². The normalized spacial score (nSPS) is 37.0. The number of allylic oxidation sites excluding steroid dienone is 12. The molecule has 0 heterocycles. The van der Waals surface area contributed by atoms with Gasteiger partial charge in [0.2, 0.25) is 0 Å². The van der Waals surface area contributed by atoms with Gasteiger partial charge < -0.3 is 0 Å². The number of rotatable bonds is 5. The Kier molecular flexibility index (Phi) is 5.49. The van der Waals surface area contributed by atoms with Crippen molar-refractivity contribution in [3.05, 3.63) is 82.4 Å². The van der Waals surface area contributed by atoms with Crippen molar-refractivity contribution in [1.82, 2.24) is 0 Å². The standard InChI is InChI=1S/C27H34S/c1-6-21(14-13-18(2)22-11-9-12-25(22)28-5)24-16-23-19(3)17-27(26(23)24)15-8-7-10-20(27)4/h6-7,9-10,12-14,16,19-20,23,26H,2,8,11,15,17H2,1,3-5H3/b14-13-,21-6+. The number of thioether (sulfide) groups is 1. The van der Waals surface area contributed by atoms with Crippen LogP contribution >= 0.6 is 11.8 Å². The molecule has 1 heteroatoms. The van der Waals surface area contributed by atoms with Crippen molar-refractivity contribution in [1.29, 1.82) is 0 Å². The lowest BCUT2D eigenvalue weighted by Crippen LogP contribution is -2.40. The van der Waals surface area contributed by atoms with E-state index in [-0.39, 0.29) is 0 Å². The van der Waals surface area contributed by atoms with E-state index in [1.165, 1.54) is 35.3 Å². The van der Waals surface area contributed by atoms with Gasteiger partial charge in [0.1, 0.15) is 0 Å². The van der Waals surface area contributed by atoms with E-state index in [9.17, 15) is 0 Å². The van der Waals surface area contributed by atoms with Gasteiger partial charge in [0.25, 0.3) is 0 Å². The SMILES string of the molecule is C=C(/C=C\C(=C/C)C1=CC2C(C)CC3(CCC=CC3C)C12)C1=C(SC)C=CC1. The van der Waals surface area contributed by atoms with Gasteiger partial charge in [0.15, 0.2) is 0 Å². The molecule has 4 aliphatic carbocycles. The number of hydrogen-bond donors (Lipinski definition) is 0. The van der Waals surface area contributed by atoms with Crippen LogP contribution in [0.1, 0.15) is 46.5 Å². The minimum atomic E-state index is 0.478. The largest absolute Gasteiger partial charge is 0.129 e. The Morgan fingerprint density at radius 3 is 2.79 bits per heavy atom. The molecular weight excluding hydrogens is 356 g/mol.